The Morgan fingerprint density at radius 2 is 1.67 bits per heavy atom. The zero-order valence-electron chi connectivity index (χ0n) is 15.1. The minimum atomic E-state index is -4.61. The normalized spacial score (nSPS) is 11.8. The number of alkyl halides is 3. The second kappa shape index (κ2) is 7.55. The van der Waals surface area contributed by atoms with Gasteiger partial charge in [-0.25, -0.2) is 8.42 Å². The van der Waals surface area contributed by atoms with E-state index in [1.807, 2.05) is 0 Å². The van der Waals surface area contributed by atoms with Gasteiger partial charge >= 0.3 is 6.18 Å². The molecule has 0 aliphatic rings. The van der Waals surface area contributed by atoms with Gasteiger partial charge in [0.1, 0.15) is 16.4 Å². The van der Waals surface area contributed by atoms with E-state index in [0.717, 1.165) is 12.1 Å². The van der Waals surface area contributed by atoms with E-state index >= 15 is 0 Å². The summed E-state index contributed by atoms with van der Waals surface area (Å²) < 4.78 is 77.1. The van der Waals surface area contributed by atoms with Crippen molar-refractivity contribution in [2.75, 3.05) is 37.9 Å². The van der Waals surface area contributed by atoms with Crippen LogP contribution in [0.15, 0.2) is 41.3 Å². The summed E-state index contributed by atoms with van der Waals surface area (Å²) >= 11 is 0. The Labute approximate surface area is 155 Å². The van der Waals surface area contributed by atoms with Crippen molar-refractivity contribution in [3.8, 4) is 11.5 Å². The molecule has 0 saturated heterocycles. The molecule has 2 aromatic rings. The van der Waals surface area contributed by atoms with Crippen LogP contribution in [0.4, 0.5) is 24.5 Å². The van der Waals surface area contributed by atoms with Crippen LogP contribution in [0.5, 0.6) is 11.5 Å². The number of hydrogen-bond acceptors (Lipinski definition) is 5. The lowest BCUT2D eigenvalue weighted by molar-refractivity contribution is -0.137. The molecule has 148 valence electrons. The Bertz CT molecular complexity index is 928. The van der Waals surface area contributed by atoms with E-state index in [9.17, 15) is 21.6 Å². The standard InChI is InChI=1S/C17H19F3N2O4S/c1-22(2)14-7-5-11(17(18,19)20)9-13(14)21-27(23,24)16-10-12(25-3)6-8-15(16)26-4/h5-10,21H,1-4H3. The van der Waals surface area contributed by atoms with E-state index in [-0.39, 0.29) is 27.8 Å². The molecule has 0 fully saturated rings. The molecular formula is C17H19F3N2O4S. The predicted octanol–water partition coefficient (Wildman–Crippen LogP) is 3.59. The molecule has 0 bridgehead atoms. The van der Waals surface area contributed by atoms with Gasteiger partial charge in [-0.15, -0.1) is 0 Å². The number of halogens is 3. The number of nitrogens with zero attached hydrogens (tertiary/aromatic N) is 1. The smallest absolute Gasteiger partial charge is 0.416 e. The van der Waals surface area contributed by atoms with Crippen LogP contribution in [-0.4, -0.2) is 36.7 Å². The van der Waals surface area contributed by atoms with Gasteiger partial charge in [-0.3, -0.25) is 4.72 Å². The molecule has 2 rings (SSSR count). The molecule has 0 heterocycles. The molecule has 10 heteroatoms. The molecule has 6 nitrogen and oxygen atoms in total. The van der Waals surface area contributed by atoms with Crippen molar-refractivity contribution in [3.63, 3.8) is 0 Å². The lowest BCUT2D eigenvalue weighted by Gasteiger charge is -2.21. The van der Waals surface area contributed by atoms with E-state index in [2.05, 4.69) is 4.72 Å². The molecule has 0 aliphatic carbocycles. The average Bonchev–Trinajstić information content (AvgIpc) is 2.59. The van der Waals surface area contributed by atoms with Gasteiger partial charge in [-0.1, -0.05) is 0 Å². The first-order valence-corrected chi connectivity index (χ1v) is 9.11. The molecule has 0 aliphatic heterocycles. The molecule has 1 N–H and O–H groups in total. The second-order valence-electron chi connectivity index (χ2n) is 5.75. The Morgan fingerprint density at radius 3 is 2.19 bits per heavy atom. The van der Waals surface area contributed by atoms with Gasteiger partial charge in [0, 0.05) is 20.2 Å². The van der Waals surface area contributed by atoms with E-state index in [1.54, 1.807) is 14.1 Å². The molecule has 0 amide bonds. The first kappa shape index (κ1) is 20.7. The zero-order valence-corrected chi connectivity index (χ0v) is 15.9. The van der Waals surface area contributed by atoms with Gasteiger partial charge in [0.15, 0.2) is 0 Å². The minimum Gasteiger partial charge on any atom is -0.497 e. The van der Waals surface area contributed by atoms with Crippen LogP contribution in [-0.2, 0) is 16.2 Å². The molecule has 0 unspecified atom stereocenters. The second-order valence-corrected chi connectivity index (χ2v) is 7.40. The van der Waals surface area contributed by atoms with Crippen molar-refractivity contribution < 1.29 is 31.1 Å². The SMILES string of the molecule is COc1ccc(OC)c(S(=O)(=O)Nc2cc(C(F)(F)F)ccc2N(C)C)c1. The van der Waals surface area contributed by atoms with E-state index in [1.165, 1.54) is 43.4 Å². The number of anilines is 2. The third-order valence-electron chi connectivity index (χ3n) is 3.71. The fourth-order valence-electron chi connectivity index (χ4n) is 2.38. The highest BCUT2D eigenvalue weighted by atomic mass is 32.2. The number of methoxy groups -OCH3 is 2. The van der Waals surface area contributed by atoms with E-state index < -0.39 is 21.8 Å². The number of rotatable bonds is 6. The summed E-state index contributed by atoms with van der Waals surface area (Å²) in [6.45, 7) is 0. The largest absolute Gasteiger partial charge is 0.497 e. The number of ether oxygens (including phenoxy) is 2. The van der Waals surface area contributed by atoms with Gasteiger partial charge in [0.05, 0.1) is 31.2 Å². The molecule has 27 heavy (non-hydrogen) atoms. The molecule has 0 aromatic heterocycles. The van der Waals surface area contributed by atoms with Crippen molar-refractivity contribution in [2.45, 2.75) is 11.1 Å². The summed E-state index contributed by atoms with van der Waals surface area (Å²) in [5.74, 6) is 0.287. The first-order chi connectivity index (χ1) is 12.5. The van der Waals surface area contributed by atoms with Gasteiger partial charge in [-0.05, 0) is 30.3 Å². The number of nitrogens with one attached hydrogen (secondary N) is 1. The number of hydrogen-bond donors (Lipinski definition) is 1. The molecule has 0 atom stereocenters. The number of sulfonamides is 1. The molecular weight excluding hydrogens is 385 g/mol. The Balaban J connectivity index is 2.58. The molecule has 0 spiro atoms. The van der Waals surface area contributed by atoms with Gasteiger partial charge in [-0.2, -0.15) is 13.2 Å². The van der Waals surface area contributed by atoms with Crippen LogP contribution in [0.3, 0.4) is 0 Å². The lowest BCUT2D eigenvalue weighted by atomic mass is 10.1. The van der Waals surface area contributed by atoms with Crippen LogP contribution in [0.1, 0.15) is 5.56 Å². The van der Waals surface area contributed by atoms with Crippen LogP contribution in [0, 0.1) is 0 Å². The summed E-state index contributed by atoms with van der Waals surface area (Å²) in [6, 6.07) is 6.96. The summed E-state index contributed by atoms with van der Waals surface area (Å²) in [6.07, 6.45) is -4.61. The lowest BCUT2D eigenvalue weighted by Crippen LogP contribution is -2.19. The van der Waals surface area contributed by atoms with Crippen LogP contribution >= 0.6 is 0 Å². The van der Waals surface area contributed by atoms with Crippen molar-refractivity contribution >= 4 is 21.4 Å². The van der Waals surface area contributed by atoms with Crippen molar-refractivity contribution in [3.05, 3.63) is 42.0 Å². The fourth-order valence-corrected chi connectivity index (χ4v) is 3.63. The first-order valence-electron chi connectivity index (χ1n) is 7.63. The van der Waals surface area contributed by atoms with Crippen molar-refractivity contribution in [1.29, 1.82) is 0 Å². The summed E-state index contributed by atoms with van der Waals surface area (Å²) in [4.78, 5) is 1.24. The van der Waals surface area contributed by atoms with Gasteiger partial charge < -0.3 is 14.4 Å². The Hall–Kier alpha value is -2.62. The van der Waals surface area contributed by atoms with Gasteiger partial charge in [0.2, 0.25) is 0 Å². The van der Waals surface area contributed by atoms with Crippen LogP contribution < -0.4 is 19.1 Å². The van der Waals surface area contributed by atoms with Crippen molar-refractivity contribution in [1.82, 2.24) is 0 Å². The maximum absolute atomic E-state index is 13.0. The third-order valence-corrected chi connectivity index (χ3v) is 5.10. The highest BCUT2D eigenvalue weighted by Gasteiger charge is 2.32. The van der Waals surface area contributed by atoms with Crippen molar-refractivity contribution in [2.24, 2.45) is 0 Å². The van der Waals surface area contributed by atoms with Crippen LogP contribution in [0.25, 0.3) is 0 Å². The summed E-state index contributed by atoms with van der Waals surface area (Å²) in [7, 11) is 1.58. The quantitative estimate of drug-likeness (QED) is 0.797. The monoisotopic (exact) mass is 404 g/mol. The van der Waals surface area contributed by atoms with E-state index in [0.29, 0.717) is 0 Å². The summed E-state index contributed by atoms with van der Waals surface area (Å²) in [5.41, 5.74) is -0.906. The highest BCUT2D eigenvalue weighted by molar-refractivity contribution is 7.92. The molecule has 0 saturated carbocycles. The maximum Gasteiger partial charge on any atom is 0.416 e. The van der Waals surface area contributed by atoms with E-state index in [4.69, 9.17) is 9.47 Å². The fraction of sp³-hybridized carbons (Fsp3) is 0.294. The average molecular weight is 404 g/mol. The van der Waals surface area contributed by atoms with Gasteiger partial charge in [0.25, 0.3) is 10.0 Å². The van der Waals surface area contributed by atoms with Crippen LogP contribution in [0.2, 0.25) is 0 Å². The zero-order chi connectivity index (χ0) is 20.4. The predicted molar refractivity (Wildman–Crippen MR) is 96.1 cm³/mol. The summed E-state index contributed by atoms with van der Waals surface area (Å²) in [5, 5.41) is 0. The third kappa shape index (κ3) is 4.57. The topological polar surface area (TPSA) is 67.9 Å². The Morgan fingerprint density at radius 1 is 1.00 bits per heavy atom. The number of benzene rings is 2. The Kier molecular flexibility index (Phi) is 5.79. The highest BCUT2D eigenvalue weighted by Crippen LogP contribution is 2.37. The minimum absolute atomic E-state index is 0.0293. The molecule has 0 radical (unpaired) electrons. The molecule has 2 aromatic carbocycles. The maximum atomic E-state index is 13.0.